The van der Waals surface area contributed by atoms with Crippen LogP contribution in [0.2, 0.25) is 0 Å². The normalized spacial score (nSPS) is 44.1. The molecule has 0 spiro atoms. The van der Waals surface area contributed by atoms with Crippen molar-refractivity contribution in [3.63, 3.8) is 0 Å². The number of ketones is 1. The number of ether oxygens (including phenoxy) is 1. The SMILES string of the molecule is COC(=O)[C@]12CC[C@@H](C(=O)/C=C/c3cccnc3)[C@@H]1[C@H]1CC[C@@H]3[C@@]4(C)CCC(=O)NC(C)(C)[C@@H]4CC[C@@]3(C)[C@]1(C)CC2. The van der Waals surface area contributed by atoms with E-state index < -0.39 is 5.41 Å². The summed E-state index contributed by atoms with van der Waals surface area (Å²) in [5.41, 5.74) is 0.265. The molecule has 0 radical (unpaired) electrons. The summed E-state index contributed by atoms with van der Waals surface area (Å²) in [5, 5.41) is 3.37. The molecule has 6 nitrogen and oxygen atoms in total. The van der Waals surface area contributed by atoms with E-state index in [0.29, 0.717) is 18.3 Å². The van der Waals surface area contributed by atoms with Crippen molar-refractivity contribution in [1.82, 2.24) is 10.3 Å². The Labute approximate surface area is 251 Å². The molecule has 0 bridgehead atoms. The van der Waals surface area contributed by atoms with E-state index in [1.54, 1.807) is 18.5 Å². The van der Waals surface area contributed by atoms with E-state index in [2.05, 4.69) is 44.9 Å². The van der Waals surface area contributed by atoms with Crippen LogP contribution >= 0.6 is 0 Å². The maximum Gasteiger partial charge on any atom is 0.312 e. The van der Waals surface area contributed by atoms with Gasteiger partial charge in [0.05, 0.1) is 12.5 Å². The number of aromatic nitrogens is 1. The minimum absolute atomic E-state index is 0.00753. The lowest BCUT2D eigenvalue weighted by atomic mass is 9.33. The second-order valence-corrected chi connectivity index (χ2v) is 15.8. The molecular weight excluding hydrogens is 524 g/mol. The van der Waals surface area contributed by atoms with Gasteiger partial charge in [-0.25, -0.2) is 0 Å². The first kappa shape index (κ1) is 29.6. The van der Waals surface area contributed by atoms with Gasteiger partial charge in [0.15, 0.2) is 5.78 Å². The van der Waals surface area contributed by atoms with Crippen molar-refractivity contribution in [1.29, 1.82) is 0 Å². The van der Waals surface area contributed by atoms with Crippen LogP contribution in [0.15, 0.2) is 30.6 Å². The van der Waals surface area contributed by atoms with Crippen molar-refractivity contribution in [3.8, 4) is 0 Å². The third kappa shape index (κ3) is 4.09. The summed E-state index contributed by atoms with van der Waals surface area (Å²) in [6, 6.07) is 3.84. The smallest absolute Gasteiger partial charge is 0.312 e. The van der Waals surface area contributed by atoms with Crippen LogP contribution in [0.5, 0.6) is 0 Å². The monoisotopic (exact) mass is 574 g/mol. The van der Waals surface area contributed by atoms with Gasteiger partial charge in [-0.2, -0.15) is 0 Å². The lowest BCUT2D eigenvalue weighted by Crippen LogP contribution is -2.66. The Morgan fingerprint density at radius 2 is 1.74 bits per heavy atom. The first-order chi connectivity index (χ1) is 19.8. The fourth-order valence-corrected chi connectivity index (χ4v) is 12.0. The third-order valence-corrected chi connectivity index (χ3v) is 14.0. The third-order valence-electron chi connectivity index (χ3n) is 14.0. The molecule has 228 valence electrons. The number of methoxy groups -OCH3 is 1. The number of allylic oxidation sites excluding steroid dienone is 1. The molecule has 1 aromatic heterocycles. The summed E-state index contributed by atoms with van der Waals surface area (Å²) in [6.07, 6.45) is 16.2. The molecule has 1 aromatic rings. The molecule has 5 fully saturated rings. The van der Waals surface area contributed by atoms with Gasteiger partial charge in [-0.1, -0.05) is 26.8 Å². The van der Waals surface area contributed by atoms with Gasteiger partial charge in [0.1, 0.15) is 0 Å². The van der Waals surface area contributed by atoms with Gasteiger partial charge in [0.2, 0.25) is 5.91 Å². The van der Waals surface area contributed by atoms with Gasteiger partial charge in [-0.3, -0.25) is 19.4 Å². The molecule has 4 aliphatic carbocycles. The van der Waals surface area contributed by atoms with Crippen molar-refractivity contribution in [3.05, 3.63) is 36.2 Å². The number of rotatable bonds is 4. The van der Waals surface area contributed by atoms with E-state index in [-0.39, 0.29) is 57.2 Å². The van der Waals surface area contributed by atoms with Gasteiger partial charge in [0, 0.05) is 30.3 Å². The number of hydrogen-bond donors (Lipinski definition) is 1. The zero-order chi connectivity index (χ0) is 30.1. The van der Waals surface area contributed by atoms with Crippen LogP contribution in [0.25, 0.3) is 6.08 Å². The van der Waals surface area contributed by atoms with Crippen molar-refractivity contribution < 1.29 is 19.1 Å². The number of pyridine rings is 1. The lowest BCUT2D eigenvalue weighted by molar-refractivity contribution is -0.227. The molecule has 1 N–H and O–H groups in total. The molecular formula is C36H50N2O4. The van der Waals surface area contributed by atoms with E-state index in [0.717, 1.165) is 63.4 Å². The molecule has 0 aromatic carbocycles. The molecule has 6 heteroatoms. The largest absolute Gasteiger partial charge is 0.469 e. The Bertz CT molecular complexity index is 1290. The molecule has 6 rings (SSSR count). The highest BCUT2D eigenvalue weighted by atomic mass is 16.5. The topological polar surface area (TPSA) is 85.4 Å². The van der Waals surface area contributed by atoms with Crippen molar-refractivity contribution in [2.24, 2.45) is 51.2 Å². The summed E-state index contributed by atoms with van der Waals surface area (Å²) < 4.78 is 5.51. The molecule has 1 aliphatic heterocycles. The van der Waals surface area contributed by atoms with Crippen molar-refractivity contribution in [2.45, 2.75) is 104 Å². The van der Waals surface area contributed by atoms with E-state index in [9.17, 15) is 14.4 Å². The van der Waals surface area contributed by atoms with Gasteiger partial charge in [-0.05, 0) is 135 Å². The second kappa shape index (κ2) is 10.0. The summed E-state index contributed by atoms with van der Waals surface area (Å²) in [5.74, 6) is 1.25. The van der Waals surface area contributed by atoms with Gasteiger partial charge in [-0.15, -0.1) is 0 Å². The highest BCUT2D eigenvalue weighted by Crippen LogP contribution is 2.76. The molecule has 5 aliphatic rings. The number of nitrogens with zero attached hydrogens (tertiary/aromatic N) is 1. The highest BCUT2D eigenvalue weighted by Gasteiger charge is 2.72. The Morgan fingerprint density at radius 3 is 2.45 bits per heavy atom. The second-order valence-electron chi connectivity index (χ2n) is 15.8. The maximum atomic E-state index is 13.9. The van der Waals surface area contributed by atoms with Gasteiger partial charge < -0.3 is 10.1 Å². The Morgan fingerprint density at radius 1 is 0.952 bits per heavy atom. The van der Waals surface area contributed by atoms with E-state index in [4.69, 9.17) is 4.74 Å². The molecule has 1 amide bonds. The van der Waals surface area contributed by atoms with E-state index in [1.165, 1.54) is 7.11 Å². The zero-order valence-corrected chi connectivity index (χ0v) is 26.5. The molecule has 4 saturated carbocycles. The summed E-state index contributed by atoms with van der Waals surface area (Å²) in [6.45, 7) is 12.0. The number of nitrogens with one attached hydrogen (secondary N) is 1. The number of carbonyl (C=O) groups excluding carboxylic acids is 3. The van der Waals surface area contributed by atoms with Gasteiger partial charge in [0.25, 0.3) is 0 Å². The van der Waals surface area contributed by atoms with Crippen LogP contribution in [-0.4, -0.2) is 35.3 Å². The molecule has 2 heterocycles. The predicted octanol–water partition coefficient (Wildman–Crippen LogP) is 6.79. The number of fused-ring (bicyclic) bond motifs is 7. The molecule has 1 saturated heterocycles. The fourth-order valence-electron chi connectivity index (χ4n) is 12.0. The summed E-state index contributed by atoms with van der Waals surface area (Å²) >= 11 is 0. The first-order valence-electron chi connectivity index (χ1n) is 16.3. The number of carbonyl (C=O) groups is 3. The lowest BCUT2D eigenvalue weighted by Gasteiger charge is -2.71. The standard InChI is InChI=1S/C36H50N2O4/c1-32(2)27-14-17-35(5)28(33(27,3)16-15-29(40)38-32)12-10-25-30-24(26(39)11-9-23-8-7-21-37-22-23)13-18-36(30,31(41)42-6)20-19-34(25,35)4/h7-9,11,21-22,24-25,27-28,30H,10,12-20H2,1-6H3,(H,38,40)/b11-9+/t24-,25+,27-,28+,30+,33-,34+,35+,36-/m0/s1. The van der Waals surface area contributed by atoms with Crippen LogP contribution in [-0.2, 0) is 19.1 Å². The van der Waals surface area contributed by atoms with Crippen LogP contribution < -0.4 is 5.32 Å². The Balaban J connectivity index is 1.38. The summed E-state index contributed by atoms with van der Waals surface area (Å²) in [4.78, 5) is 44.6. The van der Waals surface area contributed by atoms with Gasteiger partial charge >= 0.3 is 5.97 Å². The first-order valence-corrected chi connectivity index (χ1v) is 16.3. The highest BCUT2D eigenvalue weighted by molar-refractivity contribution is 5.96. The average Bonchev–Trinajstić information content (AvgIpc) is 3.32. The van der Waals surface area contributed by atoms with Crippen molar-refractivity contribution in [2.75, 3.05) is 7.11 Å². The molecule has 9 atom stereocenters. The number of esters is 1. The predicted molar refractivity (Wildman–Crippen MR) is 163 cm³/mol. The quantitative estimate of drug-likeness (QED) is 0.316. The van der Waals surface area contributed by atoms with Crippen LogP contribution in [0, 0.1) is 51.2 Å². The Kier molecular flexibility index (Phi) is 7.06. The maximum absolute atomic E-state index is 13.9. The minimum Gasteiger partial charge on any atom is -0.469 e. The fraction of sp³-hybridized carbons (Fsp3) is 0.722. The average molecular weight is 575 g/mol. The van der Waals surface area contributed by atoms with E-state index >= 15 is 0 Å². The zero-order valence-electron chi connectivity index (χ0n) is 26.5. The number of amides is 1. The van der Waals surface area contributed by atoms with Crippen molar-refractivity contribution >= 4 is 23.7 Å². The minimum atomic E-state index is -0.577. The van der Waals surface area contributed by atoms with Crippen LogP contribution in [0.3, 0.4) is 0 Å². The van der Waals surface area contributed by atoms with E-state index in [1.807, 2.05) is 18.2 Å². The molecule has 0 unspecified atom stereocenters. The molecule has 42 heavy (non-hydrogen) atoms. The van der Waals surface area contributed by atoms with Crippen LogP contribution in [0.4, 0.5) is 0 Å². The Hall–Kier alpha value is -2.50. The number of hydrogen-bond acceptors (Lipinski definition) is 5. The summed E-state index contributed by atoms with van der Waals surface area (Å²) in [7, 11) is 1.52. The van der Waals surface area contributed by atoms with Crippen LogP contribution in [0.1, 0.15) is 104 Å².